The quantitative estimate of drug-likeness (QED) is 0.431. The molecular weight excluding hydrogens is 414 g/mol. The molecule has 1 aliphatic heterocycles. The molecule has 0 fully saturated rings. The minimum atomic E-state index is -0.692. The number of amides is 1. The first-order valence-electron chi connectivity index (χ1n) is 11.1. The number of benzene rings is 3. The molecule has 5 rings (SSSR count). The van der Waals surface area contributed by atoms with E-state index in [1.165, 1.54) is 0 Å². The predicted octanol–water partition coefficient (Wildman–Crippen LogP) is 4.81. The van der Waals surface area contributed by atoms with Crippen LogP contribution in [0.25, 0.3) is 11.0 Å². The van der Waals surface area contributed by atoms with Gasteiger partial charge in [0.25, 0.3) is 0 Å². The summed E-state index contributed by atoms with van der Waals surface area (Å²) in [6.45, 7) is 5.02. The molecule has 0 N–H and O–H groups in total. The zero-order valence-electron chi connectivity index (χ0n) is 19.1. The predicted molar refractivity (Wildman–Crippen MR) is 127 cm³/mol. The standard InChI is InChI=1S/C27H27N3O3/c1-27(2,20-9-5-4-6-10-20)26(31)30(16-19-13-14-23-24(15-19)33-18-32-23)17-25-28-21-11-7-8-12-22(21)29(25)3/h4-15H,16-18H2,1-3H3. The van der Waals surface area contributed by atoms with Crippen molar-refractivity contribution in [3.8, 4) is 11.5 Å². The molecule has 1 amide bonds. The average Bonchev–Trinajstić information content (AvgIpc) is 3.43. The molecule has 2 heterocycles. The summed E-state index contributed by atoms with van der Waals surface area (Å²) in [6, 6.07) is 23.8. The van der Waals surface area contributed by atoms with Crippen molar-refractivity contribution in [3.05, 3.63) is 89.7 Å². The van der Waals surface area contributed by atoms with Crippen LogP contribution in [0.2, 0.25) is 0 Å². The number of fused-ring (bicyclic) bond motifs is 2. The van der Waals surface area contributed by atoms with Gasteiger partial charge in [0.05, 0.1) is 23.0 Å². The molecule has 0 atom stereocenters. The summed E-state index contributed by atoms with van der Waals surface area (Å²) in [5.41, 5.74) is 3.24. The van der Waals surface area contributed by atoms with Crippen LogP contribution in [-0.4, -0.2) is 27.2 Å². The molecule has 0 saturated carbocycles. The fraction of sp³-hybridized carbons (Fsp3) is 0.259. The molecule has 0 aliphatic carbocycles. The number of imidazole rings is 1. The number of carbonyl (C=O) groups excluding carboxylic acids is 1. The maximum atomic E-state index is 14.0. The minimum Gasteiger partial charge on any atom is -0.454 e. The number of carbonyl (C=O) groups is 1. The van der Waals surface area contributed by atoms with E-state index in [9.17, 15) is 4.79 Å². The van der Waals surface area contributed by atoms with Gasteiger partial charge in [-0.25, -0.2) is 4.98 Å². The molecular formula is C27H27N3O3. The number of para-hydroxylation sites is 2. The zero-order chi connectivity index (χ0) is 23.0. The van der Waals surface area contributed by atoms with Crippen LogP contribution < -0.4 is 9.47 Å². The van der Waals surface area contributed by atoms with Crippen LogP contribution in [-0.2, 0) is 30.3 Å². The number of rotatable bonds is 6. The number of aryl methyl sites for hydroxylation is 1. The van der Waals surface area contributed by atoms with E-state index < -0.39 is 5.41 Å². The molecule has 0 bridgehead atoms. The molecule has 3 aromatic carbocycles. The van der Waals surface area contributed by atoms with Crippen molar-refractivity contribution < 1.29 is 14.3 Å². The number of hydrogen-bond donors (Lipinski definition) is 0. The van der Waals surface area contributed by atoms with E-state index in [-0.39, 0.29) is 12.7 Å². The lowest BCUT2D eigenvalue weighted by molar-refractivity contribution is -0.137. The second-order valence-electron chi connectivity index (χ2n) is 8.92. The molecule has 33 heavy (non-hydrogen) atoms. The lowest BCUT2D eigenvalue weighted by Gasteiger charge is -2.32. The molecule has 6 nitrogen and oxygen atoms in total. The highest BCUT2D eigenvalue weighted by Crippen LogP contribution is 2.34. The zero-order valence-corrected chi connectivity index (χ0v) is 19.1. The van der Waals surface area contributed by atoms with E-state index in [4.69, 9.17) is 14.5 Å². The second-order valence-corrected chi connectivity index (χ2v) is 8.92. The van der Waals surface area contributed by atoms with Crippen LogP contribution >= 0.6 is 0 Å². The summed E-state index contributed by atoms with van der Waals surface area (Å²) in [5, 5.41) is 0. The number of aromatic nitrogens is 2. The normalized spacial score (nSPS) is 12.8. The van der Waals surface area contributed by atoms with Crippen molar-refractivity contribution in [1.82, 2.24) is 14.5 Å². The molecule has 168 valence electrons. The van der Waals surface area contributed by atoms with E-state index in [1.807, 2.05) is 98.6 Å². The Kier molecular flexibility index (Phi) is 5.29. The summed E-state index contributed by atoms with van der Waals surface area (Å²) >= 11 is 0. The molecule has 0 radical (unpaired) electrons. The summed E-state index contributed by atoms with van der Waals surface area (Å²) < 4.78 is 13.1. The molecule has 1 aromatic heterocycles. The van der Waals surface area contributed by atoms with Gasteiger partial charge in [-0.1, -0.05) is 48.5 Å². The smallest absolute Gasteiger partial charge is 0.233 e. The Labute approximate surface area is 193 Å². The average molecular weight is 442 g/mol. The summed E-state index contributed by atoms with van der Waals surface area (Å²) in [5.74, 6) is 2.33. The van der Waals surface area contributed by atoms with Gasteiger partial charge in [-0.3, -0.25) is 4.79 Å². The molecule has 4 aromatic rings. The number of nitrogens with zero attached hydrogens (tertiary/aromatic N) is 3. The van der Waals surface area contributed by atoms with Crippen molar-refractivity contribution in [2.45, 2.75) is 32.4 Å². The monoisotopic (exact) mass is 441 g/mol. The first-order valence-corrected chi connectivity index (χ1v) is 11.1. The minimum absolute atomic E-state index is 0.0402. The Hall–Kier alpha value is -3.80. The lowest BCUT2D eigenvalue weighted by Crippen LogP contribution is -2.43. The first kappa shape index (κ1) is 21.1. The van der Waals surface area contributed by atoms with Gasteiger partial charge in [-0.2, -0.15) is 0 Å². The SMILES string of the molecule is Cn1c(CN(Cc2ccc3c(c2)OCO3)C(=O)C(C)(C)c2ccccc2)nc2ccccc21. The number of hydrogen-bond acceptors (Lipinski definition) is 4. The van der Waals surface area contributed by atoms with Gasteiger partial charge in [-0.05, 0) is 49.2 Å². The molecule has 0 spiro atoms. The van der Waals surface area contributed by atoms with Crippen LogP contribution in [0.3, 0.4) is 0 Å². The summed E-state index contributed by atoms with van der Waals surface area (Å²) in [6.07, 6.45) is 0. The highest BCUT2D eigenvalue weighted by molar-refractivity contribution is 5.87. The van der Waals surface area contributed by atoms with Crippen LogP contribution in [0.4, 0.5) is 0 Å². The highest BCUT2D eigenvalue weighted by atomic mass is 16.7. The maximum absolute atomic E-state index is 14.0. The Morgan fingerprint density at radius 2 is 1.70 bits per heavy atom. The Morgan fingerprint density at radius 3 is 2.48 bits per heavy atom. The van der Waals surface area contributed by atoms with E-state index >= 15 is 0 Å². The Balaban J connectivity index is 1.51. The van der Waals surface area contributed by atoms with E-state index in [1.54, 1.807) is 0 Å². The molecule has 1 aliphatic rings. The fourth-order valence-corrected chi connectivity index (χ4v) is 4.34. The van der Waals surface area contributed by atoms with E-state index in [0.717, 1.165) is 33.7 Å². The first-order chi connectivity index (χ1) is 15.9. The third-order valence-electron chi connectivity index (χ3n) is 6.34. The highest BCUT2D eigenvalue weighted by Gasteiger charge is 2.34. The van der Waals surface area contributed by atoms with E-state index in [2.05, 4.69) is 4.57 Å². The summed E-state index contributed by atoms with van der Waals surface area (Å²) in [4.78, 5) is 20.7. The third kappa shape index (κ3) is 3.93. The van der Waals surface area contributed by atoms with Crippen molar-refractivity contribution in [2.75, 3.05) is 6.79 Å². The fourth-order valence-electron chi connectivity index (χ4n) is 4.34. The van der Waals surface area contributed by atoms with Crippen molar-refractivity contribution in [1.29, 1.82) is 0 Å². The number of ether oxygens (including phenoxy) is 2. The van der Waals surface area contributed by atoms with Gasteiger partial charge >= 0.3 is 0 Å². The van der Waals surface area contributed by atoms with Gasteiger partial charge < -0.3 is 18.9 Å². The van der Waals surface area contributed by atoms with Gasteiger partial charge in [0, 0.05) is 13.6 Å². The van der Waals surface area contributed by atoms with Gasteiger partial charge in [0.1, 0.15) is 5.82 Å². The van der Waals surface area contributed by atoms with Crippen LogP contribution in [0.1, 0.15) is 30.8 Å². The van der Waals surface area contributed by atoms with Crippen molar-refractivity contribution in [3.63, 3.8) is 0 Å². The van der Waals surface area contributed by atoms with Gasteiger partial charge in [0.15, 0.2) is 11.5 Å². The maximum Gasteiger partial charge on any atom is 0.233 e. The molecule has 0 saturated heterocycles. The largest absolute Gasteiger partial charge is 0.454 e. The Morgan fingerprint density at radius 1 is 0.970 bits per heavy atom. The Bertz CT molecular complexity index is 1310. The van der Waals surface area contributed by atoms with E-state index in [0.29, 0.717) is 18.8 Å². The molecule has 6 heteroatoms. The van der Waals surface area contributed by atoms with Crippen LogP contribution in [0.5, 0.6) is 11.5 Å². The third-order valence-corrected chi connectivity index (χ3v) is 6.34. The van der Waals surface area contributed by atoms with Crippen molar-refractivity contribution in [2.24, 2.45) is 7.05 Å². The lowest BCUT2D eigenvalue weighted by atomic mass is 9.83. The van der Waals surface area contributed by atoms with Crippen LogP contribution in [0, 0.1) is 0 Å². The van der Waals surface area contributed by atoms with Gasteiger partial charge in [-0.15, -0.1) is 0 Å². The van der Waals surface area contributed by atoms with Crippen molar-refractivity contribution >= 4 is 16.9 Å². The van der Waals surface area contributed by atoms with Crippen LogP contribution in [0.15, 0.2) is 72.8 Å². The van der Waals surface area contributed by atoms with Gasteiger partial charge in [0.2, 0.25) is 12.7 Å². The summed E-state index contributed by atoms with van der Waals surface area (Å²) in [7, 11) is 2.00. The topological polar surface area (TPSA) is 56.6 Å². The second kappa shape index (κ2) is 8.28. The molecule has 0 unspecified atom stereocenters.